The highest BCUT2D eigenvalue weighted by Gasteiger charge is 2.26. The molecular weight excluding hydrogens is 262 g/mol. The summed E-state index contributed by atoms with van der Waals surface area (Å²) in [6.07, 6.45) is 3.35. The first kappa shape index (κ1) is 16.0. The molecule has 1 amide bonds. The molecule has 0 aliphatic heterocycles. The highest BCUT2D eigenvalue weighted by atomic mass is 16.3. The summed E-state index contributed by atoms with van der Waals surface area (Å²) in [6, 6.07) is 7.85. The van der Waals surface area contributed by atoms with E-state index in [0.717, 1.165) is 19.3 Å². The normalized spacial score (nSPS) is 22.3. The summed E-state index contributed by atoms with van der Waals surface area (Å²) in [4.78, 5) is 12.2. The van der Waals surface area contributed by atoms with Crippen LogP contribution in [0.25, 0.3) is 0 Å². The molecule has 1 saturated carbocycles. The summed E-state index contributed by atoms with van der Waals surface area (Å²) in [7, 11) is 0. The third-order valence-corrected chi connectivity index (χ3v) is 4.59. The Balaban J connectivity index is 1.91. The number of hydrogen-bond acceptors (Lipinski definition) is 2. The average Bonchev–Trinajstić information content (AvgIpc) is 2.91. The predicted molar refractivity (Wildman–Crippen MR) is 85.4 cm³/mol. The lowest BCUT2D eigenvalue weighted by Crippen LogP contribution is -2.31. The summed E-state index contributed by atoms with van der Waals surface area (Å²) in [5.41, 5.74) is 2.05. The Hall–Kier alpha value is -1.35. The van der Waals surface area contributed by atoms with Crippen molar-refractivity contribution in [2.45, 2.75) is 45.4 Å². The van der Waals surface area contributed by atoms with Crippen molar-refractivity contribution >= 4 is 5.91 Å². The molecule has 1 aliphatic carbocycles. The fourth-order valence-electron chi connectivity index (χ4n) is 3.07. The van der Waals surface area contributed by atoms with Gasteiger partial charge in [-0.1, -0.05) is 39.3 Å². The van der Waals surface area contributed by atoms with Gasteiger partial charge in [0.1, 0.15) is 0 Å². The topological polar surface area (TPSA) is 49.3 Å². The van der Waals surface area contributed by atoms with E-state index in [-0.39, 0.29) is 17.9 Å². The maximum Gasteiger partial charge on any atom is 0.251 e. The third kappa shape index (κ3) is 4.07. The van der Waals surface area contributed by atoms with Crippen LogP contribution in [0.3, 0.4) is 0 Å². The van der Waals surface area contributed by atoms with Gasteiger partial charge in [-0.25, -0.2) is 0 Å². The Kier molecular flexibility index (Phi) is 5.04. The van der Waals surface area contributed by atoms with Crippen molar-refractivity contribution in [1.29, 1.82) is 0 Å². The number of benzene rings is 1. The van der Waals surface area contributed by atoms with Gasteiger partial charge in [0.25, 0.3) is 5.91 Å². The Morgan fingerprint density at radius 1 is 1.19 bits per heavy atom. The maximum absolute atomic E-state index is 12.2. The molecule has 0 heterocycles. The van der Waals surface area contributed by atoms with E-state index in [2.05, 4.69) is 26.1 Å². The predicted octanol–water partition coefficient (Wildman–Crippen LogP) is 3.12. The smallest absolute Gasteiger partial charge is 0.251 e. The first-order valence-corrected chi connectivity index (χ1v) is 7.91. The molecule has 1 aliphatic rings. The Bertz CT molecular complexity index is 473. The first-order valence-electron chi connectivity index (χ1n) is 7.91. The van der Waals surface area contributed by atoms with Crippen LogP contribution in [-0.2, 0) is 5.41 Å². The number of hydrogen-bond donors (Lipinski definition) is 2. The first-order chi connectivity index (χ1) is 9.91. The van der Waals surface area contributed by atoms with Gasteiger partial charge in [0, 0.05) is 18.7 Å². The fourth-order valence-corrected chi connectivity index (χ4v) is 3.07. The largest absolute Gasteiger partial charge is 0.396 e. The number of carbonyl (C=O) groups is 1. The number of nitrogens with one attached hydrogen (secondary N) is 1. The standard InChI is InChI=1S/C18H27NO2/c1-18(2,3)16-9-7-13(8-10-16)17(21)19-11-14-5-4-6-15(14)12-20/h7-10,14-15,20H,4-6,11-12H2,1-3H3,(H,19,21). The van der Waals surface area contributed by atoms with Crippen LogP contribution >= 0.6 is 0 Å². The molecule has 1 fully saturated rings. The zero-order valence-electron chi connectivity index (χ0n) is 13.4. The summed E-state index contributed by atoms with van der Waals surface area (Å²) in [6.45, 7) is 7.40. The van der Waals surface area contributed by atoms with Gasteiger partial charge < -0.3 is 10.4 Å². The molecule has 116 valence electrons. The fraction of sp³-hybridized carbons (Fsp3) is 0.611. The van der Waals surface area contributed by atoms with Gasteiger partial charge in [-0.15, -0.1) is 0 Å². The van der Waals surface area contributed by atoms with Gasteiger partial charge in [-0.3, -0.25) is 4.79 Å². The second-order valence-electron chi connectivity index (χ2n) is 7.17. The van der Waals surface area contributed by atoms with Crippen LogP contribution in [0.2, 0.25) is 0 Å². The average molecular weight is 289 g/mol. The van der Waals surface area contributed by atoms with Crippen LogP contribution in [0.15, 0.2) is 24.3 Å². The lowest BCUT2D eigenvalue weighted by atomic mass is 9.86. The summed E-state index contributed by atoms with van der Waals surface area (Å²) >= 11 is 0. The van der Waals surface area contributed by atoms with Gasteiger partial charge >= 0.3 is 0 Å². The number of rotatable bonds is 4. The summed E-state index contributed by atoms with van der Waals surface area (Å²) < 4.78 is 0. The molecule has 3 nitrogen and oxygen atoms in total. The number of amides is 1. The molecule has 1 aromatic rings. The van der Waals surface area contributed by atoms with Crippen molar-refractivity contribution in [1.82, 2.24) is 5.32 Å². The highest BCUT2D eigenvalue weighted by molar-refractivity contribution is 5.94. The molecule has 0 radical (unpaired) electrons. The molecule has 0 bridgehead atoms. The van der Waals surface area contributed by atoms with Crippen molar-refractivity contribution in [3.05, 3.63) is 35.4 Å². The van der Waals surface area contributed by atoms with Crippen LogP contribution in [-0.4, -0.2) is 24.2 Å². The second-order valence-corrected chi connectivity index (χ2v) is 7.17. The molecule has 21 heavy (non-hydrogen) atoms. The van der Waals surface area contributed by atoms with E-state index in [9.17, 15) is 9.90 Å². The zero-order valence-corrected chi connectivity index (χ0v) is 13.4. The molecule has 2 rings (SSSR count). The lowest BCUT2D eigenvalue weighted by Gasteiger charge is -2.20. The van der Waals surface area contributed by atoms with Gasteiger partial charge in [0.05, 0.1) is 0 Å². The Labute approximate surface area is 127 Å². The van der Waals surface area contributed by atoms with Gasteiger partial charge in [0.2, 0.25) is 0 Å². The van der Waals surface area contributed by atoms with Crippen LogP contribution in [0.5, 0.6) is 0 Å². The third-order valence-electron chi connectivity index (χ3n) is 4.59. The van der Waals surface area contributed by atoms with Crippen LogP contribution in [0.1, 0.15) is 56.0 Å². The molecule has 2 N–H and O–H groups in total. The Morgan fingerprint density at radius 3 is 2.38 bits per heavy atom. The SMILES string of the molecule is CC(C)(C)c1ccc(C(=O)NCC2CCCC2CO)cc1. The molecule has 1 aromatic carbocycles. The molecule has 0 aromatic heterocycles. The number of aliphatic hydroxyl groups excluding tert-OH is 1. The maximum atomic E-state index is 12.2. The minimum Gasteiger partial charge on any atom is -0.396 e. The van der Waals surface area contributed by atoms with Crippen LogP contribution in [0, 0.1) is 11.8 Å². The van der Waals surface area contributed by atoms with E-state index in [1.165, 1.54) is 5.56 Å². The Morgan fingerprint density at radius 2 is 1.81 bits per heavy atom. The quantitative estimate of drug-likeness (QED) is 0.894. The number of aliphatic hydroxyl groups is 1. The van der Waals surface area contributed by atoms with E-state index in [0.29, 0.717) is 23.9 Å². The van der Waals surface area contributed by atoms with Crippen LogP contribution in [0.4, 0.5) is 0 Å². The van der Waals surface area contributed by atoms with Crippen molar-refractivity contribution in [2.24, 2.45) is 11.8 Å². The van der Waals surface area contributed by atoms with E-state index in [1.54, 1.807) is 0 Å². The zero-order chi connectivity index (χ0) is 15.5. The molecular formula is C18H27NO2. The molecule has 3 heteroatoms. The second kappa shape index (κ2) is 6.61. The monoisotopic (exact) mass is 289 g/mol. The van der Waals surface area contributed by atoms with Crippen molar-refractivity contribution in [3.63, 3.8) is 0 Å². The minimum absolute atomic E-state index is 0.0148. The van der Waals surface area contributed by atoms with Crippen molar-refractivity contribution in [3.8, 4) is 0 Å². The van der Waals surface area contributed by atoms with Crippen LogP contribution < -0.4 is 5.32 Å². The molecule has 0 saturated heterocycles. The summed E-state index contributed by atoms with van der Waals surface area (Å²) in [5, 5.41) is 12.3. The van der Waals surface area contributed by atoms with Crippen molar-refractivity contribution in [2.75, 3.05) is 13.2 Å². The summed E-state index contributed by atoms with van der Waals surface area (Å²) in [5.74, 6) is 0.764. The van der Waals surface area contributed by atoms with Crippen molar-refractivity contribution < 1.29 is 9.90 Å². The molecule has 2 atom stereocenters. The minimum atomic E-state index is -0.0148. The molecule has 2 unspecified atom stereocenters. The van der Waals surface area contributed by atoms with Gasteiger partial charge in [0.15, 0.2) is 0 Å². The van der Waals surface area contributed by atoms with Gasteiger partial charge in [-0.05, 0) is 47.8 Å². The van der Waals surface area contributed by atoms with Gasteiger partial charge in [-0.2, -0.15) is 0 Å². The highest BCUT2D eigenvalue weighted by Crippen LogP contribution is 2.30. The van der Waals surface area contributed by atoms with E-state index in [4.69, 9.17) is 0 Å². The van der Waals surface area contributed by atoms with E-state index < -0.39 is 0 Å². The van der Waals surface area contributed by atoms with E-state index in [1.807, 2.05) is 24.3 Å². The number of carbonyl (C=O) groups excluding carboxylic acids is 1. The lowest BCUT2D eigenvalue weighted by molar-refractivity contribution is 0.0937. The molecule has 0 spiro atoms. The van der Waals surface area contributed by atoms with E-state index >= 15 is 0 Å².